The molecule has 0 fully saturated rings. The second-order valence-corrected chi connectivity index (χ2v) is 7.50. The molecule has 1 aromatic rings. The molecule has 0 saturated carbocycles. The molecule has 9 heteroatoms. The van der Waals surface area contributed by atoms with Gasteiger partial charge in [-0.25, -0.2) is 17.9 Å². The third-order valence-electron chi connectivity index (χ3n) is 3.01. The Balaban J connectivity index is 1.92. The second kappa shape index (κ2) is 5.34. The van der Waals surface area contributed by atoms with Crippen LogP contribution in [0.3, 0.4) is 0 Å². The molecule has 22 heavy (non-hydrogen) atoms. The number of primary sulfonamides is 1. The van der Waals surface area contributed by atoms with E-state index in [0.717, 1.165) is 17.8 Å². The van der Waals surface area contributed by atoms with E-state index in [9.17, 15) is 12.8 Å². The minimum Gasteiger partial charge on any atom is -0.453 e. The van der Waals surface area contributed by atoms with Crippen molar-refractivity contribution in [1.82, 2.24) is 5.32 Å². The molecule has 2 aliphatic heterocycles. The fourth-order valence-corrected chi connectivity index (χ4v) is 3.96. The second-order valence-electron chi connectivity index (χ2n) is 4.63. The quantitative estimate of drug-likeness (QED) is 0.717. The van der Waals surface area contributed by atoms with Crippen molar-refractivity contribution in [3.05, 3.63) is 57.3 Å². The van der Waals surface area contributed by atoms with Crippen molar-refractivity contribution in [1.29, 1.82) is 0 Å². The number of nitrogen functional groups attached to an aromatic ring is 1. The molecule has 0 amide bonds. The van der Waals surface area contributed by atoms with Crippen LogP contribution in [-0.2, 0) is 10.0 Å². The summed E-state index contributed by atoms with van der Waals surface area (Å²) >= 11 is 0.980. The summed E-state index contributed by atoms with van der Waals surface area (Å²) in [6.45, 7) is 0. The summed E-state index contributed by atoms with van der Waals surface area (Å²) in [5, 5.41) is 8.10. The van der Waals surface area contributed by atoms with Crippen LogP contribution in [-0.4, -0.2) is 14.5 Å². The number of ether oxygens (including phenoxy) is 1. The summed E-state index contributed by atoms with van der Waals surface area (Å²) in [4.78, 5) is 0.600. The van der Waals surface area contributed by atoms with Crippen LogP contribution in [0.25, 0.3) is 0 Å². The van der Waals surface area contributed by atoms with Gasteiger partial charge in [0.15, 0.2) is 11.6 Å². The number of dihydropyridines is 1. The van der Waals surface area contributed by atoms with Crippen molar-refractivity contribution >= 4 is 27.5 Å². The van der Waals surface area contributed by atoms with Gasteiger partial charge in [0.1, 0.15) is 10.00 Å². The summed E-state index contributed by atoms with van der Waals surface area (Å²) < 4.78 is 42.3. The highest BCUT2D eigenvalue weighted by Crippen LogP contribution is 2.42. The van der Waals surface area contributed by atoms with Crippen LogP contribution >= 0.6 is 11.8 Å². The Morgan fingerprint density at radius 3 is 2.82 bits per heavy atom. The van der Waals surface area contributed by atoms with Gasteiger partial charge in [-0.15, -0.1) is 0 Å². The molecule has 0 saturated heterocycles. The SMILES string of the molecule is Nc1ccc(OC2=C3SC(S(N)(=O)=O)=CC3NC=C2)c(F)c1. The molecule has 0 radical (unpaired) electrons. The third-order valence-corrected chi connectivity index (χ3v) is 5.66. The first-order valence-electron chi connectivity index (χ1n) is 6.17. The Labute approximate surface area is 130 Å². The average molecular weight is 341 g/mol. The summed E-state index contributed by atoms with van der Waals surface area (Å²) in [7, 11) is -3.79. The lowest BCUT2D eigenvalue weighted by Crippen LogP contribution is -2.25. The molecule has 5 N–H and O–H groups in total. The van der Waals surface area contributed by atoms with Gasteiger partial charge in [0.2, 0.25) is 10.0 Å². The minimum atomic E-state index is -3.79. The average Bonchev–Trinajstić information content (AvgIpc) is 2.87. The highest BCUT2D eigenvalue weighted by molar-refractivity contribution is 8.20. The molecule has 0 spiro atoms. The number of hydrogen-bond donors (Lipinski definition) is 3. The Bertz CT molecular complexity index is 831. The van der Waals surface area contributed by atoms with E-state index in [4.69, 9.17) is 15.6 Å². The van der Waals surface area contributed by atoms with Gasteiger partial charge in [-0.05, 0) is 24.3 Å². The Hall–Kier alpha value is -1.97. The highest BCUT2D eigenvalue weighted by Gasteiger charge is 2.32. The maximum Gasteiger partial charge on any atom is 0.244 e. The van der Waals surface area contributed by atoms with Crippen LogP contribution in [0.1, 0.15) is 0 Å². The van der Waals surface area contributed by atoms with Crippen LogP contribution in [0.15, 0.2) is 51.5 Å². The predicted molar refractivity (Wildman–Crippen MR) is 83.3 cm³/mol. The lowest BCUT2D eigenvalue weighted by atomic mass is 10.2. The monoisotopic (exact) mass is 341 g/mol. The van der Waals surface area contributed by atoms with Crippen molar-refractivity contribution in [3.63, 3.8) is 0 Å². The number of allylic oxidation sites excluding steroid dienone is 1. The Kier molecular flexibility index (Phi) is 3.63. The molecule has 0 aliphatic carbocycles. The summed E-state index contributed by atoms with van der Waals surface area (Å²) in [5.41, 5.74) is 5.77. The van der Waals surface area contributed by atoms with Gasteiger partial charge >= 0.3 is 0 Å². The van der Waals surface area contributed by atoms with E-state index >= 15 is 0 Å². The fraction of sp³-hybridized carbons (Fsp3) is 0.0769. The van der Waals surface area contributed by atoms with Crippen molar-refractivity contribution < 1.29 is 17.5 Å². The van der Waals surface area contributed by atoms with E-state index in [1.54, 1.807) is 12.3 Å². The predicted octanol–water partition coefficient (Wildman–Crippen LogP) is 1.36. The number of thioether (sulfide) groups is 1. The lowest BCUT2D eigenvalue weighted by Gasteiger charge is -2.19. The van der Waals surface area contributed by atoms with Gasteiger partial charge < -0.3 is 15.8 Å². The molecule has 3 rings (SSSR count). The number of hydrogen-bond acceptors (Lipinski definition) is 6. The van der Waals surface area contributed by atoms with Crippen LogP contribution in [0.5, 0.6) is 5.75 Å². The van der Waals surface area contributed by atoms with E-state index in [-0.39, 0.29) is 21.7 Å². The van der Waals surface area contributed by atoms with E-state index in [1.807, 2.05) is 0 Å². The molecule has 0 aromatic heterocycles. The van der Waals surface area contributed by atoms with Crippen LogP contribution in [0.4, 0.5) is 10.1 Å². The zero-order valence-corrected chi connectivity index (χ0v) is 12.7. The molecular weight excluding hydrogens is 329 g/mol. The molecule has 6 nitrogen and oxygen atoms in total. The van der Waals surface area contributed by atoms with Gasteiger partial charge in [0.05, 0.1) is 10.9 Å². The number of anilines is 1. The number of benzene rings is 1. The number of rotatable bonds is 3. The molecule has 116 valence electrons. The van der Waals surface area contributed by atoms with Gasteiger partial charge in [-0.3, -0.25) is 0 Å². The molecule has 1 unspecified atom stereocenters. The maximum absolute atomic E-state index is 13.8. The zero-order chi connectivity index (χ0) is 15.9. The summed E-state index contributed by atoms with van der Waals surface area (Å²) in [6, 6.07) is 3.71. The van der Waals surface area contributed by atoms with Gasteiger partial charge in [-0.2, -0.15) is 0 Å². The van der Waals surface area contributed by atoms with E-state index < -0.39 is 15.8 Å². The zero-order valence-electron chi connectivity index (χ0n) is 11.1. The molecule has 2 aliphatic rings. The fourth-order valence-electron chi connectivity index (χ4n) is 2.01. The third kappa shape index (κ3) is 2.82. The first-order chi connectivity index (χ1) is 10.3. The minimum absolute atomic E-state index is 0.00616. The number of halogens is 1. The first kappa shape index (κ1) is 14.9. The summed E-state index contributed by atoms with van der Waals surface area (Å²) in [5.74, 6) is -0.238. The van der Waals surface area contributed by atoms with E-state index in [1.165, 1.54) is 18.2 Å². The van der Waals surface area contributed by atoms with Crippen LogP contribution < -0.4 is 20.9 Å². The molecule has 1 atom stereocenters. The smallest absolute Gasteiger partial charge is 0.244 e. The van der Waals surface area contributed by atoms with Crippen molar-refractivity contribution in [2.75, 3.05) is 5.73 Å². The van der Waals surface area contributed by atoms with Gasteiger partial charge in [0.25, 0.3) is 0 Å². The lowest BCUT2D eigenvalue weighted by molar-refractivity contribution is 0.404. The van der Waals surface area contributed by atoms with Crippen LogP contribution in [0.2, 0.25) is 0 Å². The van der Waals surface area contributed by atoms with E-state index in [2.05, 4.69) is 5.32 Å². The Morgan fingerprint density at radius 2 is 2.14 bits per heavy atom. The number of nitrogens with two attached hydrogens (primary N) is 2. The number of sulfonamides is 1. The summed E-state index contributed by atoms with van der Waals surface area (Å²) in [6.07, 6.45) is 4.68. The van der Waals surface area contributed by atoms with Crippen molar-refractivity contribution in [2.45, 2.75) is 6.04 Å². The standard InChI is InChI=1S/C13H12FN3O3S2/c14-8-5-7(15)1-2-10(8)20-11-3-4-17-9-6-12(21-13(9)11)22(16,18)19/h1-6,9,17H,15H2,(H2,16,18,19). The van der Waals surface area contributed by atoms with Crippen molar-refractivity contribution in [2.24, 2.45) is 5.14 Å². The van der Waals surface area contributed by atoms with Gasteiger partial charge in [0, 0.05) is 18.0 Å². The molecule has 1 aromatic carbocycles. The highest BCUT2D eigenvalue weighted by atomic mass is 32.3. The molecular formula is C13H12FN3O3S2. The topological polar surface area (TPSA) is 107 Å². The molecule has 0 bridgehead atoms. The van der Waals surface area contributed by atoms with Gasteiger partial charge in [-0.1, -0.05) is 11.8 Å². The van der Waals surface area contributed by atoms with Crippen LogP contribution in [0, 0.1) is 5.82 Å². The number of nitrogens with one attached hydrogen (secondary N) is 1. The van der Waals surface area contributed by atoms with E-state index in [0.29, 0.717) is 10.7 Å². The largest absolute Gasteiger partial charge is 0.453 e. The van der Waals surface area contributed by atoms with Crippen molar-refractivity contribution in [3.8, 4) is 5.75 Å². The molecule has 2 heterocycles. The maximum atomic E-state index is 13.8. The number of fused-ring (bicyclic) bond motifs is 1. The first-order valence-corrected chi connectivity index (χ1v) is 8.53. The Morgan fingerprint density at radius 1 is 1.36 bits per heavy atom. The normalized spacial score (nSPS) is 20.5.